The highest BCUT2D eigenvalue weighted by molar-refractivity contribution is 6.00. The van der Waals surface area contributed by atoms with E-state index in [1.165, 1.54) is 12.3 Å². The monoisotopic (exact) mass is 283 g/mol. The number of imidazole rings is 1. The van der Waals surface area contributed by atoms with Crippen LogP contribution in [0.2, 0.25) is 0 Å². The van der Waals surface area contributed by atoms with Gasteiger partial charge in [0.15, 0.2) is 5.65 Å². The molecule has 0 amide bonds. The molecule has 0 spiro atoms. The number of carboxylic acids is 1. The van der Waals surface area contributed by atoms with Crippen molar-refractivity contribution < 1.29 is 9.90 Å². The number of aromatic carboxylic acids is 1. The quantitative estimate of drug-likeness (QED) is 0.761. The minimum Gasteiger partial charge on any atom is -0.478 e. The van der Waals surface area contributed by atoms with E-state index in [4.69, 9.17) is 0 Å². The molecule has 0 aromatic carbocycles. The lowest BCUT2D eigenvalue weighted by Crippen LogP contribution is -1.99. The number of fused-ring (bicyclic) bond motifs is 1. The zero-order valence-electron chi connectivity index (χ0n) is 11.6. The van der Waals surface area contributed by atoms with Crippen molar-refractivity contribution in [2.24, 2.45) is 0 Å². The molecule has 0 aliphatic rings. The van der Waals surface area contributed by atoms with Crippen molar-refractivity contribution in [2.45, 2.75) is 20.3 Å². The largest absolute Gasteiger partial charge is 0.478 e. The Morgan fingerprint density at radius 3 is 2.90 bits per heavy atom. The average molecular weight is 283 g/mol. The van der Waals surface area contributed by atoms with Crippen LogP contribution in [0, 0.1) is 6.92 Å². The number of aromatic nitrogens is 5. The summed E-state index contributed by atoms with van der Waals surface area (Å²) in [5.74, 6) is -0.460. The molecule has 106 valence electrons. The predicted molar refractivity (Wildman–Crippen MR) is 76.0 cm³/mol. The molecule has 3 rings (SSSR count). The minimum absolute atomic E-state index is 0.149. The molecule has 3 aromatic heterocycles. The van der Waals surface area contributed by atoms with Gasteiger partial charge in [0.1, 0.15) is 5.82 Å². The van der Waals surface area contributed by atoms with Crippen LogP contribution in [0.4, 0.5) is 0 Å². The number of hydrogen-bond acceptors (Lipinski definition) is 5. The summed E-state index contributed by atoms with van der Waals surface area (Å²) in [5.41, 5.74) is 3.33. The van der Waals surface area contributed by atoms with E-state index in [2.05, 4.69) is 25.1 Å². The SMILES string of the molecule is CCc1nnc(C)cc1-c1nc2nccc(C(=O)O)c2[nH]1. The lowest BCUT2D eigenvalue weighted by molar-refractivity contribution is 0.0698. The second-order valence-corrected chi connectivity index (χ2v) is 4.65. The van der Waals surface area contributed by atoms with Gasteiger partial charge in [-0.1, -0.05) is 6.92 Å². The van der Waals surface area contributed by atoms with Crippen molar-refractivity contribution in [3.8, 4) is 11.4 Å². The highest BCUT2D eigenvalue weighted by atomic mass is 16.4. The van der Waals surface area contributed by atoms with E-state index in [0.717, 1.165) is 17.0 Å². The van der Waals surface area contributed by atoms with Gasteiger partial charge in [0, 0.05) is 11.8 Å². The third kappa shape index (κ3) is 2.22. The fraction of sp³-hybridized carbons (Fsp3) is 0.214. The minimum atomic E-state index is -1.02. The Morgan fingerprint density at radius 2 is 2.19 bits per heavy atom. The molecule has 0 unspecified atom stereocenters. The van der Waals surface area contributed by atoms with Gasteiger partial charge >= 0.3 is 5.97 Å². The maximum Gasteiger partial charge on any atom is 0.338 e. The molecular formula is C14H13N5O2. The molecule has 3 heterocycles. The number of carbonyl (C=O) groups is 1. The Labute approximate surface area is 120 Å². The Hall–Kier alpha value is -2.83. The summed E-state index contributed by atoms with van der Waals surface area (Å²) in [5, 5.41) is 17.4. The number of nitrogens with zero attached hydrogens (tertiary/aromatic N) is 4. The van der Waals surface area contributed by atoms with Crippen LogP contribution in [0.1, 0.15) is 28.7 Å². The smallest absolute Gasteiger partial charge is 0.338 e. The van der Waals surface area contributed by atoms with Gasteiger partial charge in [-0.15, -0.1) is 0 Å². The maximum atomic E-state index is 11.2. The van der Waals surface area contributed by atoms with E-state index < -0.39 is 5.97 Å². The highest BCUT2D eigenvalue weighted by Gasteiger charge is 2.16. The zero-order valence-corrected chi connectivity index (χ0v) is 11.6. The first-order valence-corrected chi connectivity index (χ1v) is 6.51. The van der Waals surface area contributed by atoms with Crippen molar-refractivity contribution in [2.75, 3.05) is 0 Å². The molecule has 21 heavy (non-hydrogen) atoms. The summed E-state index contributed by atoms with van der Waals surface area (Å²) in [6.07, 6.45) is 2.14. The molecule has 2 N–H and O–H groups in total. The van der Waals surface area contributed by atoms with E-state index in [1.54, 1.807) is 0 Å². The Balaban J connectivity index is 2.25. The van der Waals surface area contributed by atoms with Crippen LogP contribution >= 0.6 is 0 Å². The van der Waals surface area contributed by atoms with Crippen LogP contribution in [0.5, 0.6) is 0 Å². The van der Waals surface area contributed by atoms with Crippen molar-refractivity contribution in [1.29, 1.82) is 0 Å². The summed E-state index contributed by atoms with van der Waals surface area (Å²) in [6.45, 7) is 3.83. The first-order chi connectivity index (χ1) is 10.1. The maximum absolute atomic E-state index is 11.2. The van der Waals surface area contributed by atoms with Crippen LogP contribution in [-0.4, -0.2) is 36.2 Å². The van der Waals surface area contributed by atoms with Gasteiger partial charge in [-0.25, -0.2) is 14.8 Å². The number of aromatic amines is 1. The second kappa shape index (κ2) is 4.93. The third-order valence-electron chi connectivity index (χ3n) is 3.21. The summed E-state index contributed by atoms with van der Waals surface area (Å²) in [6, 6.07) is 3.33. The van der Waals surface area contributed by atoms with Crippen molar-refractivity contribution in [3.63, 3.8) is 0 Å². The Bertz CT molecular complexity index is 840. The van der Waals surface area contributed by atoms with E-state index in [1.807, 2.05) is 19.9 Å². The van der Waals surface area contributed by atoms with Crippen molar-refractivity contribution in [3.05, 3.63) is 35.3 Å². The number of rotatable bonds is 3. The fourth-order valence-electron chi connectivity index (χ4n) is 2.20. The van der Waals surface area contributed by atoms with Crippen molar-refractivity contribution >= 4 is 17.1 Å². The highest BCUT2D eigenvalue weighted by Crippen LogP contribution is 2.24. The summed E-state index contributed by atoms with van der Waals surface area (Å²) in [4.78, 5) is 22.8. The van der Waals surface area contributed by atoms with Gasteiger partial charge < -0.3 is 10.1 Å². The molecule has 0 radical (unpaired) electrons. The Kier molecular flexibility index (Phi) is 3.09. The molecule has 0 atom stereocenters. The standard InChI is InChI=1S/C14H13N5O2/c1-3-10-9(6-7(2)18-19-10)12-16-11-8(14(20)21)4-5-15-13(11)17-12/h4-6H,3H2,1-2H3,(H,20,21)(H,15,16,17). The van der Waals surface area contributed by atoms with Gasteiger partial charge in [-0.2, -0.15) is 10.2 Å². The molecule has 0 fully saturated rings. The van der Waals surface area contributed by atoms with Gasteiger partial charge in [-0.05, 0) is 25.5 Å². The fourth-order valence-corrected chi connectivity index (χ4v) is 2.20. The number of H-pyrrole nitrogens is 1. The van der Waals surface area contributed by atoms with Gasteiger partial charge in [0.2, 0.25) is 0 Å². The lowest BCUT2D eigenvalue weighted by Gasteiger charge is -2.03. The molecule has 0 aliphatic carbocycles. The number of carboxylic acid groups (broad SMARTS) is 1. The summed E-state index contributed by atoms with van der Waals surface area (Å²) >= 11 is 0. The van der Waals surface area contributed by atoms with Crippen LogP contribution in [-0.2, 0) is 6.42 Å². The number of hydrogen-bond donors (Lipinski definition) is 2. The van der Waals surface area contributed by atoms with E-state index in [-0.39, 0.29) is 5.56 Å². The molecule has 7 heteroatoms. The van der Waals surface area contributed by atoms with Gasteiger partial charge in [-0.3, -0.25) is 0 Å². The summed E-state index contributed by atoms with van der Waals surface area (Å²) in [7, 11) is 0. The number of nitrogens with one attached hydrogen (secondary N) is 1. The first kappa shape index (κ1) is 13.2. The van der Waals surface area contributed by atoms with E-state index in [9.17, 15) is 9.90 Å². The van der Waals surface area contributed by atoms with E-state index >= 15 is 0 Å². The molecule has 7 nitrogen and oxygen atoms in total. The molecule has 3 aromatic rings. The van der Waals surface area contributed by atoms with E-state index in [0.29, 0.717) is 23.4 Å². The van der Waals surface area contributed by atoms with Crippen LogP contribution in [0.3, 0.4) is 0 Å². The first-order valence-electron chi connectivity index (χ1n) is 6.51. The normalized spacial score (nSPS) is 11.0. The van der Waals surface area contributed by atoms with Crippen LogP contribution in [0.15, 0.2) is 18.3 Å². The molecular weight excluding hydrogens is 270 g/mol. The lowest BCUT2D eigenvalue weighted by atomic mass is 10.1. The predicted octanol–water partition coefficient (Wildman–Crippen LogP) is 1.98. The zero-order chi connectivity index (χ0) is 15.0. The Morgan fingerprint density at radius 1 is 1.38 bits per heavy atom. The molecule has 0 saturated heterocycles. The van der Waals surface area contributed by atoms with Gasteiger partial charge in [0.25, 0.3) is 0 Å². The average Bonchev–Trinajstić information content (AvgIpc) is 2.90. The van der Waals surface area contributed by atoms with Crippen LogP contribution < -0.4 is 0 Å². The third-order valence-corrected chi connectivity index (χ3v) is 3.21. The number of aryl methyl sites for hydroxylation is 2. The second-order valence-electron chi connectivity index (χ2n) is 4.65. The molecule has 0 saturated carbocycles. The molecule has 0 aliphatic heterocycles. The summed E-state index contributed by atoms with van der Waals surface area (Å²) < 4.78 is 0. The van der Waals surface area contributed by atoms with Gasteiger partial charge in [0.05, 0.1) is 22.5 Å². The topological polar surface area (TPSA) is 105 Å². The number of pyridine rings is 1. The van der Waals surface area contributed by atoms with Crippen LogP contribution in [0.25, 0.3) is 22.6 Å². The van der Waals surface area contributed by atoms with Crippen molar-refractivity contribution in [1.82, 2.24) is 25.1 Å². The molecule has 0 bridgehead atoms.